The molecule has 0 bridgehead atoms. The molecule has 0 heterocycles. The maximum Gasteiger partial charge on any atom is 0.344 e. The first-order valence-electron chi connectivity index (χ1n) is 4.60. The zero-order valence-corrected chi connectivity index (χ0v) is 13.3. The highest BCUT2D eigenvalue weighted by molar-refractivity contribution is 9.40. The SMILES string of the molecule is O=C(OCCN(CCO)CCO)C(Br)(Br)Br. The standard InChI is InChI=1S/C8H14Br3NO4/c9-8(10,11)7(15)16-6-3-12(1-4-13)2-5-14/h13-14H,1-6H2. The van der Waals surface area contributed by atoms with E-state index in [-0.39, 0.29) is 19.8 Å². The van der Waals surface area contributed by atoms with Gasteiger partial charge in [0.15, 0.2) is 0 Å². The van der Waals surface area contributed by atoms with Crippen LogP contribution in [0.3, 0.4) is 0 Å². The van der Waals surface area contributed by atoms with Gasteiger partial charge in [0.25, 0.3) is 0 Å². The van der Waals surface area contributed by atoms with E-state index >= 15 is 0 Å². The molecule has 0 unspecified atom stereocenters. The average molecular weight is 428 g/mol. The fourth-order valence-electron chi connectivity index (χ4n) is 0.968. The summed E-state index contributed by atoms with van der Waals surface area (Å²) in [5, 5.41) is 17.5. The van der Waals surface area contributed by atoms with Crippen LogP contribution in [0.2, 0.25) is 0 Å². The molecule has 16 heavy (non-hydrogen) atoms. The zero-order valence-electron chi connectivity index (χ0n) is 8.53. The lowest BCUT2D eigenvalue weighted by atomic mass is 10.4. The summed E-state index contributed by atoms with van der Waals surface area (Å²) in [6, 6.07) is 0. The van der Waals surface area contributed by atoms with Crippen molar-refractivity contribution in [3.05, 3.63) is 0 Å². The molecule has 5 nitrogen and oxygen atoms in total. The molecule has 0 aromatic rings. The summed E-state index contributed by atoms with van der Waals surface area (Å²) in [4.78, 5) is 13.1. The fourth-order valence-corrected chi connectivity index (χ4v) is 1.31. The minimum atomic E-state index is -1.05. The minimum absolute atomic E-state index is 0.00716. The van der Waals surface area contributed by atoms with Crippen LogP contribution >= 0.6 is 47.8 Å². The highest BCUT2D eigenvalue weighted by atomic mass is 80.0. The van der Waals surface area contributed by atoms with E-state index in [9.17, 15) is 4.79 Å². The number of hydrogen-bond donors (Lipinski definition) is 2. The van der Waals surface area contributed by atoms with Crippen molar-refractivity contribution in [3.63, 3.8) is 0 Å². The second kappa shape index (κ2) is 8.82. The van der Waals surface area contributed by atoms with Crippen molar-refractivity contribution >= 4 is 53.8 Å². The Bertz CT molecular complexity index is 204. The van der Waals surface area contributed by atoms with Gasteiger partial charge >= 0.3 is 5.97 Å². The summed E-state index contributed by atoms with van der Waals surface area (Å²) in [7, 11) is 0. The molecule has 0 aromatic carbocycles. The van der Waals surface area contributed by atoms with Gasteiger partial charge in [-0.25, -0.2) is 4.79 Å². The van der Waals surface area contributed by atoms with Crippen LogP contribution in [0.25, 0.3) is 0 Å². The van der Waals surface area contributed by atoms with Crippen LogP contribution in [0, 0.1) is 0 Å². The summed E-state index contributed by atoms with van der Waals surface area (Å²) >= 11 is 9.11. The van der Waals surface area contributed by atoms with Gasteiger partial charge in [-0.15, -0.1) is 0 Å². The number of esters is 1. The number of alkyl halides is 3. The number of carbonyl (C=O) groups is 1. The molecular weight excluding hydrogens is 414 g/mol. The summed E-state index contributed by atoms with van der Waals surface area (Å²) in [5.41, 5.74) is 0. The van der Waals surface area contributed by atoms with Gasteiger partial charge in [0, 0.05) is 19.6 Å². The Balaban J connectivity index is 3.81. The predicted octanol–water partition coefficient (Wildman–Crippen LogP) is 0.655. The molecule has 0 saturated carbocycles. The second-order valence-electron chi connectivity index (χ2n) is 2.92. The highest BCUT2D eigenvalue weighted by Gasteiger charge is 2.30. The summed E-state index contributed by atoms with van der Waals surface area (Å²) in [6.07, 6.45) is 0. The van der Waals surface area contributed by atoms with E-state index in [1.807, 2.05) is 0 Å². The first-order valence-corrected chi connectivity index (χ1v) is 6.97. The quantitative estimate of drug-likeness (QED) is 0.461. The van der Waals surface area contributed by atoms with Crippen LogP contribution in [0.4, 0.5) is 0 Å². The van der Waals surface area contributed by atoms with E-state index in [4.69, 9.17) is 14.9 Å². The zero-order chi connectivity index (χ0) is 12.6. The molecule has 0 aliphatic heterocycles. The lowest BCUT2D eigenvalue weighted by Crippen LogP contribution is -2.34. The van der Waals surface area contributed by atoms with E-state index in [1.165, 1.54) is 0 Å². The number of halogens is 3. The van der Waals surface area contributed by atoms with E-state index in [1.54, 1.807) is 4.90 Å². The number of aliphatic hydroxyl groups excluding tert-OH is 2. The molecule has 96 valence electrons. The molecular formula is C8H14Br3NO4. The molecule has 0 atom stereocenters. The monoisotopic (exact) mass is 425 g/mol. The Morgan fingerprint density at radius 3 is 2.00 bits per heavy atom. The lowest BCUT2D eigenvalue weighted by Gasteiger charge is -2.20. The van der Waals surface area contributed by atoms with Crippen molar-refractivity contribution in [2.24, 2.45) is 0 Å². The van der Waals surface area contributed by atoms with Crippen molar-refractivity contribution in [3.8, 4) is 0 Å². The number of carbonyl (C=O) groups excluding carboxylic acids is 1. The van der Waals surface area contributed by atoms with E-state index < -0.39 is 8.11 Å². The number of nitrogens with zero attached hydrogens (tertiary/aromatic N) is 1. The van der Waals surface area contributed by atoms with Crippen molar-refractivity contribution < 1.29 is 19.7 Å². The molecule has 0 spiro atoms. The van der Waals surface area contributed by atoms with Gasteiger partial charge in [-0.2, -0.15) is 0 Å². The summed E-state index contributed by atoms with van der Waals surface area (Å²) < 4.78 is 3.90. The number of rotatable bonds is 7. The molecule has 0 fully saturated rings. The van der Waals surface area contributed by atoms with Crippen molar-refractivity contribution in [2.45, 2.75) is 2.14 Å². The third-order valence-electron chi connectivity index (χ3n) is 1.70. The largest absolute Gasteiger partial charge is 0.462 e. The summed E-state index contributed by atoms with van der Waals surface area (Å²) in [6.45, 7) is 1.57. The smallest absolute Gasteiger partial charge is 0.344 e. The van der Waals surface area contributed by atoms with Gasteiger partial charge in [-0.1, -0.05) is 0 Å². The maximum absolute atomic E-state index is 11.3. The Labute approximate surface area is 120 Å². The third-order valence-corrected chi connectivity index (χ3v) is 2.68. The van der Waals surface area contributed by atoms with Gasteiger partial charge in [0.1, 0.15) is 6.61 Å². The van der Waals surface area contributed by atoms with Gasteiger partial charge in [0.2, 0.25) is 2.14 Å². The van der Waals surface area contributed by atoms with Gasteiger partial charge in [-0.05, 0) is 47.8 Å². The molecule has 0 radical (unpaired) electrons. The normalized spacial score (nSPS) is 11.9. The molecule has 0 amide bonds. The number of ether oxygens (including phenoxy) is 1. The molecule has 8 heteroatoms. The number of aliphatic hydroxyl groups is 2. The molecule has 0 saturated heterocycles. The van der Waals surface area contributed by atoms with Crippen molar-refractivity contribution in [1.29, 1.82) is 0 Å². The number of hydrogen-bond acceptors (Lipinski definition) is 5. The van der Waals surface area contributed by atoms with Crippen molar-refractivity contribution in [1.82, 2.24) is 4.90 Å². The van der Waals surface area contributed by atoms with Gasteiger partial charge in [-0.3, -0.25) is 4.90 Å². The third kappa shape index (κ3) is 7.97. The molecule has 0 aromatic heterocycles. The van der Waals surface area contributed by atoms with Crippen LogP contribution in [-0.2, 0) is 9.53 Å². The molecule has 0 aliphatic carbocycles. The first-order chi connectivity index (χ1) is 7.41. The Hall–Kier alpha value is 0.790. The van der Waals surface area contributed by atoms with Crippen LogP contribution < -0.4 is 0 Å². The molecule has 0 aliphatic rings. The molecule has 0 rings (SSSR count). The van der Waals surface area contributed by atoms with Crippen molar-refractivity contribution in [2.75, 3.05) is 39.5 Å². The highest BCUT2D eigenvalue weighted by Crippen LogP contribution is 2.34. The average Bonchev–Trinajstić information content (AvgIpc) is 2.16. The van der Waals surface area contributed by atoms with Crippen LogP contribution in [0.1, 0.15) is 0 Å². The van der Waals surface area contributed by atoms with E-state index in [2.05, 4.69) is 47.8 Å². The van der Waals surface area contributed by atoms with E-state index in [0.29, 0.717) is 19.6 Å². The molecule has 2 N–H and O–H groups in total. The van der Waals surface area contributed by atoms with Crippen LogP contribution in [0.5, 0.6) is 0 Å². The Morgan fingerprint density at radius 2 is 1.62 bits per heavy atom. The first kappa shape index (κ1) is 16.8. The predicted molar refractivity (Wildman–Crippen MR) is 71.1 cm³/mol. The second-order valence-corrected chi connectivity index (χ2v) is 9.68. The Morgan fingerprint density at radius 1 is 1.12 bits per heavy atom. The van der Waals surface area contributed by atoms with Crippen LogP contribution in [0.15, 0.2) is 0 Å². The Kier molecular flexibility index (Phi) is 9.25. The van der Waals surface area contributed by atoms with Gasteiger partial charge < -0.3 is 14.9 Å². The minimum Gasteiger partial charge on any atom is -0.462 e. The topological polar surface area (TPSA) is 70.0 Å². The maximum atomic E-state index is 11.3. The summed E-state index contributed by atoms with van der Waals surface area (Å²) in [5.74, 6) is -0.486. The lowest BCUT2D eigenvalue weighted by molar-refractivity contribution is -0.142. The van der Waals surface area contributed by atoms with Gasteiger partial charge in [0.05, 0.1) is 13.2 Å². The fraction of sp³-hybridized carbons (Fsp3) is 0.875. The van der Waals surface area contributed by atoms with E-state index in [0.717, 1.165) is 0 Å². The van der Waals surface area contributed by atoms with Crippen LogP contribution in [-0.4, -0.2) is 62.7 Å².